The van der Waals surface area contributed by atoms with Crippen LogP contribution in [0.3, 0.4) is 0 Å². The molecule has 1 saturated heterocycles. The summed E-state index contributed by atoms with van der Waals surface area (Å²) in [5.74, 6) is 1.35. The number of guanidine groups is 1. The van der Waals surface area contributed by atoms with Crippen LogP contribution >= 0.6 is 0 Å². The largest absolute Gasteiger partial charge is 0.497 e. The number of anilines is 1. The number of rotatable bonds is 8. The molecule has 1 aliphatic rings. The van der Waals surface area contributed by atoms with E-state index in [4.69, 9.17) is 4.74 Å². The van der Waals surface area contributed by atoms with E-state index >= 15 is 0 Å². The molecule has 1 heterocycles. The summed E-state index contributed by atoms with van der Waals surface area (Å²) in [7, 11) is 1.66. The number of nitrogens with zero attached hydrogens (tertiary/aromatic N) is 3. The Morgan fingerprint density at radius 2 is 1.84 bits per heavy atom. The summed E-state index contributed by atoms with van der Waals surface area (Å²) < 4.78 is 20.1. The van der Waals surface area contributed by atoms with E-state index < -0.39 is 0 Å². The normalized spacial score (nSPS) is 15.1. The SMILES string of the molecule is CCNC(=NCc1cccc(OC)c1)NCc1ccc(N2CCN(CC)CC2)c(F)c1. The number of hydrogen-bond donors (Lipinski definition) is 2. The molecule has 1 fully saturated rings. The maximum absolute atomic E-state index is 14.8. The van der Waals surface area contributed by atoms with Gasteiger partial charge in [0.25, 0.3) is 0 Å². The summed E-state index contributed by atoms with van der Waals surface area (Å²) in [5.41, 5.74) is 2.65. The third kappa shape index (κ3) is 6.59. The van der Waals surface area contributed by atoms with Crippen LogP contribution in [0, 0.1) is 5.82 Å². The highest BCUT2D eigenvalue weighted by molar-refractivity contribution is 5.79. The molecule has 6 nitrogen and oxygen atoms in total. The predicted molar refractivity (Wildman–Crippen MR) is 125 cm³/mol. The minimum Gasteiger partial charge on any atom is -0.497 e. The zero-order valence-electron chi connectivity index (χ0n) is 18.8. The first-order valence-electron chi connectivity index (χ1n) is 11.0. The van der Waals surface area contributed by atoms with Crippen LogP contribution in [0.25, 0.3) is 0 Å². The van der Waals surface area contributed by atoms with Gasteiger partial charge in [-0.15, -0.1) is 0 Å². The Morgan fingerprint density at radius 1 is 1.03 bits per heavy atom. The van der Waals surface area contributed by atoms with Crippen molar-refractivity contribution >= 4 is 11.6 Å². The number of aliphatic imine (C=N–C) groups is 1. The second kappa shape index (κ2) is 11.6. The summed E-state index contributed by atoms with van der Waals surface area (Å²) >= 11 is 0. The van der Waals surface area contributed by atoms with Crippen molar-refractivity contribution in [3.63, 3.8) is 0 Å². The monoisotopic (exact) mass is 427 g/mol. The first-order valence-corrected chi connectivity index (χ1v) is 11.0. The number of ether oxygens (including phenoxy) is 1. The van der Waals surface area contributed by atoms with Crippen molar-refractivity contribution < 1.29 is 9.13 Å². The Bertz CT molecular complexity index is 865. The standard InChI is InChI=1S/C24H34FN5O/c1-4-26-24(27-17-19-7-6-8-21(15-19)31-3)28-18-20-9-10-23(22(25)16-20)30-13-11-29(5-2)12-14-30/h6-10,15-16H,4-5,11-14,17-18H2,1-3H3,(H2,26,27,28). The first kappa shape index (κ1) is 22.9. The highest BCUT2D eigenvalue weighted by Crippen LogP contribution is 2.22. The quantitative estimate of drug-likeness (QED) is 0.500. The molecule has 0 aliphatic carbocycles. The summed E-state index contributed by atoms with van der Waals surface area (Å²) in [4.78, 5) is 9.16. The molecule has 0 radical (unpaired) electrons. The second-order valence-electron chi connectivity index (χ2n) is 7.61. The third-order valence-corrected chi connectivity index (χ3v) is 5.53. The van der Waals surface area contributed by atoms with Gasteiger partial charge in [0, 0.05) is 39.3 Å². The van der Waals surface area contributed by atoms with E-state index in [9.17, 15) is 4.39 Å². The molecular weight excluding hydrogens is 393 g/mol. The second-order valence-corrected chi connectivity index (χ2v) is 7.61. The number of piperazine rings is 1. The van der Waals surface area contributed by atoms with Gasteiger partial charge in [-0.1, -0.05) is 25.1 Å². The van der Waals surface area contributed by atoms with Gasteiger partial charge in [0.2, 0.25) is 0 Å². The molecule has 0 amide bonds. The van der Waals surface area contributed by atoms with Crippen LogP contribution in [0.4, 0.5) is 10.1 Å². The van der Waals surface area contributed by atoms with E-state index in [1.165, 1.54) is 0 Å². The molecule has 2 aromatic rings. The third-order valence-electron chi connectivity index (χ3n) is 5.53. The average molecular weight is 428 g/mol. The van der Waals surface area contributed by atoms with Crippen molar-refractivity contribution in [2.75, 3.05) is 51.3 Å². The lowest BCUT2D eigenvalue weighted by Gasteiger charge is -2.35. The Kier molecular flexibility index (Phi) is 8.53. The zero-order valence-corrected chi connectivity index (χ0v) is 18.8. The fourth-order valence-electron chi connectivity index (χ4n) is 3.69. The molecule has 0 saturated carbocycles. The number of benzene rings is 2. The first-order chi connectivity index (χ1) is 15.1. The van der Waals surface area contributed by atoms with E-state index in [-0.39, 0.29) is 5.82 Å². The highest BCUT2D eigenvalue weighted by atomic mass is 19.1. The van der Waals surface area contributed by atoms with Crippen molar-refractivity contribution in [2.24, 2.45) is 4.99 Å². The van der Waals surface area contributed by atoms with Crippen molar-refractivity contribution in [3.05, 3.63) is 59.4 Å². The van der Waals surface area contributed by atoms with Crippen LogP contribution in [0.2, 0.25) is 0 Å². The molecule has 168 valence electrons. The number of hydrogen-bond acceptors (Lipinski definition) is 4. The van der Waals surface area contributed by atoms with Crippen LogP contribution in [0.5, 0.6) is 5.75 Å². The van der Waals surface area contributed by atoms with Crippen LogP contribution < -0.4 is 20.3 Å². The Morgan fingerprint density at radius 3 is 2.52 bits per heavy atom. The molecule has 3 rings (SSSR count). The van der Waals surface area contributed by atoms with Gasteiger partial charge in [-0.2, -0.15) is 0 Å². The minimum atomic E-state index is -0.164. The lowest BCUT2D eigenvalue weighted by Crippen LogP contribution is -2.46. The van der Waals surface area contributed by atoms with E-state index in [0.717, 1.165) is 56.1 Å². The van der Waals surface area contributed by atoms with E-state index in [1.54, 1.807) is 13.2 Å². The number of nitrogens with one attached hydrogen (secondary N) is 2. The van der Waals surface area contributed by atoms with Gasteiger partial charge < -0.3 is 25.2 Å². The molecule has 7 heteroatoms. The van der Waals surface area contributed by atoms with E-state index in [2.05, 4.69) is 32.3 Å². The molecule has 0 bridgehead atoms. The fraction of sp³-hybridized carbons (Fsp3) is 0.458. The van der Waals surface area contributed by atoms with Crippen molar-refractivity contribution in [1.82, 2.24) is 15.5 Å². The van der Waals surface area contributed by atoms with Crippen LogP contribution in [-0.4, -0.2) is 57.2 Å². The van der Waals surface area contributed by atoms with Gasteiger partial charge in [-0.05, 0) is 48.9 Å². The van der Waals surface area contributed by atoms with Crippen molar-refractivity contribution in [1.29, 1.82) is 0 Å². The van der Waals surface area contributed by atoms with Gasteiger partial charge in [-0.25, -0.2) is 9.38 Å². The molecule has 31 heavy (non-hydrogen) atoms. The highest BCUT2D eigenvalue weighted by Gasteiger charge is 2.18. The topological polar surface area (TPSA) is 52.1 Å². The molecule has 0 atom stereocenters. The number of halogens is 1. The Hall–Kier alpha value is -2.80. The summed E-state index contributed by atoms with van der Waals surface area (Å²) in [6.45, 7) is 10.7. The maximum Gasteiger partial charge on any atom is 0.191 e. The van der Waals surface area contributed by atoms with E-state index in [1.807, 2.05) is 43.3 Å². The average Bonchev–Trinajstić information content (AvgIpc) is 2.81. The molecule has 1 aliphatic heterocycles. The molecule has 0 aromatic heterocycles. The number of likely N-dealkylation sites (N-methyl/N-ethyl adjacent to an activating group) is 1. The molecular formula is C24H34FN5O. The van der Waals surface area contributed by atoms with Crippen LogP contribution in [-0.2, 0) is 13.1 Å². The fourth-order valence-corrected chi connectivity index (χ4v) is 3.69. The van der Waals surface area contributed by atoms with Gasteiger partial charge in [0.05, 0.1) is 19.3 Å². The molecule has 0 unspecified atom stereocenters. The predicted octanol–water partition coefficient (Wildman–Crippen LogP) is 3.23. The molecule has 2 aromatic carbocycles. The summed E-state index contributed by atoms with van der Waals surface area (Å²) in [6.07, 6.45) is 0. The molecule has 0 spiro atoms. The number of methoxy groups -OCH3 is 1. The van der Waals surface area contributed by atoms with Crippen molar-refractivity contribution in [2.45, 2.75) is 26.9 Å². The minimum absolute atomic E-state index is 0.164. The van der Waals surface area contributed by atoms with Crippen molar-refractivity contribution in [3.8, 4) is 5.75 Å². The van der Waals surface area contributed by atoms with Gasteiger partial charge in [0.15, 0.2) is 5.96 Å². The van der Waals surface area contributed by atoms with Gasteiger partial charge >= 0.3 is 0 Å². The Balaban J connectivity index is 1.59. The summed E-state index contributed by atoms with van der Waals surface area (Å²) in [6, 6.07) is 13.4. The lowest BCUT2D eigenvalue weighted by molar-refractivity contribution is 0.270. The van der Waals surface area contributed by atoms with Crippen LogP contribution in [0.15, 0.2) is 47.5 Å². The maximum atomic E-state index is 14.8. The van der Waals surface area contributed by atoms with Crippen LogP contribution in [0.1, 0.15) is 25.0 Å². The van der Waals surface area contributed by atoms with E-state index in [0.29, 0.717) is 24.7 Å². The lowest BCUT2D eigenvalue weighted by atomic mass is 10.1. The zero-order chi connectivity index (χ0) is 22.1. The summed E-state index contributed by atoms with van der Waals surface area (Å²) in [5, 5.41) is 6.54. The van der Waals surface area contributed by atoms with Gasteiger partial charge in [-0.3, -0.25) is 0 Å². The smallest absolute Gasteiger partial charge is 0.191 e. The molecule has 2 N–H and O–H groups in total. The van der Waals surface area contributed by atoms with Gasteiger partial charge in [0.1, 0.15) is 11.6 Å². The Labute approximate surface area is 185 Å².